The second-order valence-electron chi connectivity index (χ2n) is 15.2. The van der Waals surface area contributed by atoms with Crippen molar-refractivity contribution < 1.29 is 0 Å². The molecule has 3 saturated carbocycles. The SMILES string of the molecule is CC12CC13CC3CC21c2ccccc2-c2cc3c(cc21)B1c2ccccc2N(c2ccccc2)c2cccc(c21)N3c1ccccc1. The molecule has 3 fully saturated rings. The Balaban J connectivity index is 1.19. The quantitative estimate of drug-likeness (QED) is 0.183. The molecule has 6 aromatic rings. The molecule has 3 heteroatoms. The van der Waals surface area contributed by atoms with E-state index >= 15 is 0 Å². The first-order chi connectivity index (χ1) is 23.1. The Hall–Kier alpha value is -5.02. The van der Waals surface area contributed by atoms with Gasteiger partial charge in [-0.2, -0.15) is 0 Å². The number of anilines is 6. The maximum Gasteiger partial charge on any atom is 0.252 e. The summed E-state index contributed by atoms with van der Waals surface area (Å²) < 4.78 is 0. The molecule has 0 bridgehead atoms. The van der Waals surface area contributed by atoms with E-state index in [1.807, 2.05) is 0 Å². The molecule has 4 unspecified atom stereocenters. The summed E-state index contributed by atoms with van der Waals surface area (Å²) in [6.45, 7) is 2.79. The van der Waals surface area contributed by atoms with Crippen LogP contribution in [0.3, 0.4) is 0 Å². The van der Waals surface area contributed by atoms with Crippen molar-refractivity contribution in [1.82, 2.24) is 0 Å². The number of para-hydroxylation sites is 3. The molecule has 2 spiro atoms. The molecule has 2 nitrogen and oxygen atoms in total. The second kappa shape index (κ2) is 8.09. The Morgan fingerprint density at radius 1 is 0.553 bits per heavy atom. The van der Waals surface area contributed by atoms with Crippen LogP contribution in [0.1, 0.15) is 37.3 Å². The third-order valence-electron chi connectivity index (χ3n) is 13.6. The second-order valence-corrected chi connectivity index (χ2v) is 15.2. The maximum atomic E-state index is 2.71. The molecule has 12 rings (SSSR count). The van der Waals surface area contributed by atoms with Crippen molar-refractivity contribution in [3.05, 3.63) is 151 Å². The molecule has 0 N–H and O–H groups in total. The summed E-state index contributed by atoms with van der Waals surface area (Å²) >= 11 is 0. The van der Waals surface area contributed by atoms with Crippen molar-refractivity contribution in [3.63, 3.8) is 0 Å². The van der Waals surface area contributed by atoms with Gasteiger partial charge in [-0.05, 0) is 123 Å². The molecule has 0 amide bonds. The molecule has 6 aliphatic rings. The molecule has 47 heavy (non-hydrogen) atoms. The highest BCUT2D eigenvalue weighted by atomic mass is 15.2. The monoisotopic (exact) mass is 600 g/mol. The van der Waals surface area contributed by atoms with E-state index < -0.39 is 0 Å². The average Bonchev–Trinajstić information content (AvgIpc) is 3.95. The van der Waals surface area contributed by atoms with E-state index in [9.17, 15) is 0 Å². The fourth-order valence-electron chi connectivity index (χ4n) is 11.6. The lowest BCUT2D eigenvalue weighted by Crippen LogP contribution is -2.61. The fraction of sp³-hybridized carbons (Fsp3) is 0.182. The highest BCUT2D eigenvalue weighted by molar-refractivity contribution is 7.00. The Bertz CT molecular complexity index is 2350. The van der Waals surface area contributed by atoms with E-state index in [1.54, 1.807) is 11.1 Å². The van der Waals surface area contributed by atoms with E-state index in [1.165, 1.54) is 80.9 Å². The summed E-state index contributed by atoms with van der Waals surface area (Å²) in [5.74, 6) is 0.880. The summed E-state index contributed by atoms with van der Waals surface area (Å²) in [5, 5.41) is 0. The Morgan fingerprint density at radius 2 is 1.19 bits per heavy atom. The van der Waals surface area contributed by atoms with Gasteiger partial charge in [0.1, 0.15) is 0 Å². The van der Waals surface area contributed by atoms with Crippen molar-refractivity contribution in [3.8, 4) is 11.1 Å². The zero-order chi connectivity index (χ0) is 30.7. The van der Waals surface area contributed by atoms with Crippen LogP contribution < -0.4 is 26.2 Å². The van der Waals surface area contributed by atoms with Gasteiger partial charge in [0.05, 0.1) is 0 Å². The normalized spacial score (nSPS) is 27.3. The van der Waals surface area contributed by atoms with Crippen molar-refractivity contribution in [2.75, 3.05) is 9.80 Å². The van der Waals surface area contributed by atoms with Gasteiger partial charge < -0.3 is 9.80 Å². The van der Waals surface area contributed by atoms with Gasteiger partial charge in [0.15, 0.2) is 0 Å². The van der Waals surface area contributed by atoms with Crippen LogP contribution in [0.25, 0.3) is 11.1 Å². The van der Waals surface area contributed by atoms with Crippen molar-refractivity contribution in [1.29, 1.82) is 0 Å². The minimum Gasteiger partial charge on any atom is -0.311 e. The van der Waals surface area contributed by atoms with Crippen LogP contribution in [0.4, 0.5) is 34.1 Å². The minimum absolute atomic E-state index is 0.110. The van der Waals surface area contributed by atoms with E-state index in [0.29, 0.717) is 10.8 Å². The highest BCUT2D eigenvalue weighted by Gasteiger charge is 2.89. The van der Waals surface area contributed by atoms with Crippen LogP contribution in [-0.4, -0.2) is 6.71 Å². The van der Waals surface area contributed by atoms with E-state index in [4.69, 9.17) is 0 Å². The predicted molar refractivity (Wildman–Crippen MR) is 195 cm³/mol. The summed E-state index contributed by atoms with van der Waals surface area (Å²) in [6.07, 6.45) is 4.13. The lowest BCUT2D eigenvalue weighted by atomic mass is 9.33. The maximum absolute atomic E-state index is 2.71. The Labute approximate surface area is 276 Å². The smallest absolute Gasteiger partial charge is 0.252 e. The molecular formula is C44H33BN2. The third-order valence-corrected chi connectivity index (χ3v) is 13.6. The lowest BCUT2D eigenvalue weighted by molar-refractivity contribution is 0.317. The fourth-order valence-corrected chi connectivity index (χ4v) is 11.6. The molecule has 4 atom stereocenters. The van der Waals surface area contributed by atoms with Gasteiger partial charge in [0.25, 0.3) is 6.71 Å². The van der Waals surface area contributed by atoms with Gasteiger partial charge in [-0.25, -0.2) is 0 Å². The number of hydrogen-bond donors (Lipinski definition) is 0. The largest absolute Gasteiger partial charge is 0.311 e. The molecule has 222 valence electrons. The molecule has 0 aromatic heterocycles. The average molecular weight is 601 g/mol. The number of nitrogens with zero attached hydrogens (tertiary/aromatic N) is 2. The van der Waals surface area contributed by atoms with Crippen LogP contribution in [0.2, 0.25) is 0 Å². The van der Waals surface area contributed by atoms with Gasteiger partial charge in [-0.15, -0.1) is 0 Å². The van der Waals surface area contributed by atoms with E-state index in [0.717, 1.165) is 5.92 Å². The molecule has 2 aliphatic heterocycles. The zero-order valence-electron chi connectivity index (χ0n) is 26.4. The number of benzene rings is 6. The number of hydrogen-bond acceptors (Lipinski definition) is 2. The van der Waals surface area contributed by atoms with Crippen LogP contribution in [-0.2, 0) is 5.41 Å². The molecule has 4 aliphatic carbocycles. The summed E-state index contributed by atoms with van der Waals surface area (Å²) in [6, 6.07) is 52.8. The molecule has 6 aromatic carbocycles. The standard InChI is InChI=1S/C44H33BN2/c1-42-27-43(42)25-28(43)26-44(42)33-18-9-8-17-31(33)32-23-40-36(24-34(32)44)45-35-19-10-11-20-37(35)46(29-13-4-2-5-14-29)38-21-12-22-39(41(38)45)47(40)30-15-6-3-7-16-30/h2-24,28H,25-27H2,1H3. The van der Waals surface area contributed by atoms with Crippen molar-refractivity contribution >= 4 is 57.2 Å². The van der Waals surface area contributed by atoms with Crippen LogP contribution in [0.5, 0.6) is 0 Å². The molecule has 0 radical (unpaired) electrons. The molecular weight excluding hydrogens is 567 g/mol. The Kier molecular flexibility index (Phi) is 4.33. The van der Waals surface area contributed by atoms with Crippen LogP contribution >= 0.6 is 0 Å². The van der Waals surface area contributed by atoms with E-state index in [2.05, 4.69) is 156 Å². The predicted octanol–water partition coefficient (Wildman–Crippen LogP) is 8.86. The number of rotatable bonds is 2. The molecule has 0 saturated heterocycles. The zero-order valence-corrected chi connectivity index (χ0v) is 26.4. The summed E-state index contributed by atoms with van der Waals surface area (Å²) in [7, 11) is 0. The van der Waals surface area contributed by atoms with Crippen LogP contribution in [0, 0.1) is 16.7 Å². The summed E-state index contributed by atoms with van der Waals surface area (Å²) in [4.78, 5) is 5.05. The van der Waals surface area contributed by atoms with Gasteiger partial charge in [0, 0.05) is 39.5 Å². The first-order valence-electron chi connectivity index (χ1n) is 17.4. The minimum atomic E-state index is 0.110. The van der Waals surface area contributed by atoms with Crippen LogP contribution in [0.15, 0.2) is 140 Å². The first kappa shape index (κ1) is 25.1. The van der Waals surface area contributed by atoms with Crippen molar-refractivity contribution in [2.24, 2.45) is 16.7 Å². The van der Waals surface area contributed by atoms with Gasteiger partial charge in [-0.1, -0.05) is 97.9 Å². The van der Waals surface area contributed by atoms with Gasteiger partial charge >= 0.3 is 0 Å². The number of fused-ring (bicyclic) bond motifs is 10. The van der Waals surface area contributed by atoms with Gasteiger partial charge in [-0.3, -0.25) is 0 Å². The Morgan fingerprint density at radius 3 is 1.89 bits per heavy atom. The third kappa shape index (κ3) is 2.73. The summed E-state index contributed by atoms with van der Waals surface area (Å²) in [5.41, 5.74) is 18.9. The topological polar surface area (TPSA) is 6.48 Å². The highest BCUT2D eigenvalue weighted by Crippen LogP contribution is 2.95. The van der Waals surface area contributed by atoms with Crippen molar-refractivity contribution in [2.45, 2.75) is 31.6 Å². The first-order valence-corrected chi connectivity index (χ1v) is 17.4. The lowest BCUT2D eigenvalue weighted by Gasteiger charge is -2.45. The molecule has 2 heterocycles. The van der Waals surface area contributed by atoms with E-state index in [-0.39, 0.29) is 12.1 Å². The van der Waals surface area contributed by atoms with Gasteiger partial charge in [0.2, 0.25) is 0 Å².